The Kier molecular flexibility index (Phi) is 8.35. The zero-order valence-corrected chi connectivity index (χ0v) is 33.1. The quantitative estimate of drug-likeness (QED) is 0.159. The predicted octanol–water partition coefficient (Wildman–Crippen LogP) is 14.1. The Balaban J connectivity index is 0.994. The van der Waals surface area contributed by atoms with Crippen molar-refractivity contribution >= 4 is 44.0 Å². The molecule has 0 saturated heterocycles. The second kappa shape index (κ2) is 14.6. The first-order valence-corrected chi connectivity index (χ1v) is 20.5. The van der Waals surface area contributed by atoms with E-state index >= 15 is 0 Å². The SMILES string of the molecule is c1ccc(-c2cccc(-c3nc(-c4cccc(-c5ccc6oc7cccc(-c8nc(-c9ccccc9)nc(-c9ccccc9)n8)c7c6c5)c4)nc4c3oc3ccccc34)c2)cc1. The van der Waals surface area contributed by atoms with E-state index in [1.165, 1.54) is 0 Å². The maximum Gasteiger partial charge on any atom is 0.180 e. The van der Waals surface area contributed by atoms with Gasteiger partial charge in [0.25, 0.3) is 0 Å². The van der Waals surface area contributed by atoms with E-state index in [1.807, 2.05) is 103 Å². The molecular formula is C55H33N5O2. The van der Waals surface area contributed by atoms with Crippen molar-refractivity contribution in [1.29, 1.82) is 0 Å². The van der Waals surface area contributed by atoms with Crippen molar-refractivity contribution in [2.75, 3.05) is 0 Å². The fourth-order valence-corrected chi connectivity index (χ4v) is 8.35. The van der Waals surface area contributed by atoms with Crippen LogP contribution in [-0.2, 0) is 0 Å². The van der Waals surface area contributed by atoms with Crippen LogP contribution in [0.2, 0.25) is 0 Å². The van der Waals surface area contributed by atoms with E-state index in [2.05, 4.69) is 97.1 Å². The van der Waals surface area contributed by atoms with E-state index in [4.69, 9.17) is 33.8 Å². The number of aromatic nitrogens is 5. The molecule has 7 heteroatoms. The number of hydrogen-bond acceptors (Lipinski definition) is 7. The molecule has 0 unspecified atom stereocenters. The lowest BCUT2D eigenvalue weighted by atomic mass is 9.99. The molecule has 0 N–H and O–H groups in total. The monoisotopic (exact) mass is 795 g/mol. The summed E-state index contributed by atoms with van der Waals surface area (Å²) in [6.45, 7) is 0. The van der Waals surface area contributed by atoms with Crippen LogP contribution < -0.4 is 0 Å². The third-order valence-electron chi connectivity index (χ3n) is 11.4. The van der Waals surface area contributed by atoms with E-state index in [1.54, 1.807) is 0 Å². The van der Waals surface area contributed by atoms with Crippen molar-refractivity contribution in [3.05, 3.63) is 200 Å². The zero-order chi connectivity index (χ0) is 41.0. The lowest BCUT2D eigenvalue weighted by molar-refractivity contribution is 0.667. The fraction of sp³-hybridized carbons (Fsp3) is 0. The summed E-state index contributed by atoms with van der Waals surface area (Å²) in [5.41, 5.74) is 13.3. The van der Waals surface area contributed by atoms with Crippen LogP contribution in [0.5, 0.6) is 0 Å². The lowest BCUT2D eigenvalue weighted by Gasteiger charge is -2.10. The highest BCUT2D eigenvalue weighted by Crippen LogP contribution is 2.40. The Morgan fingerprint density at radius 3 is 1.55 bits per heavy atom. The third kappa shape index (κ3) is 6.19. The molecule has 4 aromatic heterocycles. The number of benzene rings is 8. The number of nitrogens with zero attached hydrogens (tertiary/aromatic N) is 5. The van der Waals surface area contributed by atoms with Crippen LogP contribution in [0, 0.1) is 0 Å². The molecule has 4 heterocycles. The average molecular weight is 796 g/mol. The van der Waals surface area contributed by atoms with Crippen LogP contribution in [-0.4, -0.2) is 24.9 Å². The first-order chi connectivity index (χ1) is 30.7. The molecule has 7 nitrogen and oxygen atoms in total. The second-order valence-electron chi connectivity index (χ2n) is 15.2. The molecule has 62 heavy (non-hydrogen) atoms. The molecule has 8 aromatic carbocycles. The zero-order valence-electron chi connectivity index (χ0n) is 33.1. The van der Waals surface area contributed by atoms with E-state index < -0.39 is 0 Å². The van der Waals surface area contributed by atoms with E-state index in [0.717, 1.165) is 94.2 Å². The van der Waals surface area contributed by atoms with Gasteiger partial charge in [0.15, 0.2) is 28.9 Å². The van der Waals surface area contributed by atoms with Crippen molar-refractivity contribution in [3.63, 3.8) is 0 Å². The molecule has 0 aliphatic heterocycles. The van der Waals surface area contributed by atoms with Crippen LogP contribution in [0.15, 0.2) is 209 Å². The van der Waals surface area contributed by atoms with Crippen molar-refractivity contribution in [3.8, 4) is 79.1 Å². The molecule has 12 rings (SSSR count). The standard InChI is InChI=1S/C55H33N5O2/c1-4-15-34(16-5-1)37-21-12-23-40(31-37)49-51-50(42-25-10-11-27-45(42)62-51)57-54(56-49)41-24-13-22-38(32-41)39-29-30-46-44(33-39)48-43(26-14-28-47(48)61-46)55-59-52(35-17-6-2-7-18-35)58-53(60-55)36-19-8-3-9-20-36/h1-33H. The van der Waals surface area contributed by atoms with Gasteiger partial charge in [0.2, 0.25) is 0 Å². The molecule has 290 valence electrons. The Bertz CT molecular complexity index is 3580. The Morgan fingerprint density at radius 2 is 0.806 bits per heavy atom. The maximum atomic E-state index is 6.49. The van der Waals surface area contributed by atoms with Gasteiger partial charge in [-0.3, -0.25) is 0 Å². The summed E-state index contributed by atoms with van der Waals surface area (Å²) in [5, 5.41) is 2.85. The molecule has 0 atom stereocenters. The van der Waals surface area contributed by atoms with Gasteiger partial charge in [-0.25, -0.2) is 24.9 Å². The second-order valence-corrected chi connectivity index (χ2v) is 15.2. The molecule has 0 amide bonds. The molecule has 0 aliphatic carbocycles. The van der Waals surface area contributed by atoms with Crippen molar-refractivity contribution in [1.82, 2.24) is 24.9 Å². The summed E-state index contributed by atoms with van der Waals surface area (Å²) >= 11 is 0. The Hall–Kier alpha value is -8.55. The molecule has 0 spiro atoms. The molecular weight excluding hydrogens is 763 g/mol. The predicted molar refractivity (Wildman–Crippen MR) is 248 cm³/mol. The van der Waals surface area contributed by atoms with Gasteiger partial charge >= 0.3 is 0 Å². The Morgan fingerprint density at radius 1 is 0.290 bits per heavy atom. The van der Waals surface area contributed by atoms with Gasteiger partial charge in [0.05, 0.1) is 0 Å². The normalized spacial score (nSPS) is 11.5. The smallest absolute Gasteiger partial charge is 0.180 e. The van der Waals surface area contributed by atoms with E-state index in [9.17, 15) is 0 Å². The van der Waals surface area contributed by atoms with Crippen LogP contribution in [0.25, 0.3) is 123 Å². The molecule has 0 radical (unpaired) electrons. The minimum Gasteiger partial charge on any atom is -0.456 e. The third-order valence-corrected chi connectivity index (χ3v) is 11.4. The summed E-state index contributed by atoms with van der Waals surface area (Å²) in [7, 11) is 0. The van der Waals surface area contributed by atoms with Gasteiger partial charge in [0.1, 0.15) is 28.0 Å². The van der Waals surface area contributed by atoms with Crippen LogP contribution in [0.1, 0.15) is 0 Å². The van der Waals surface area contributed by atoms with Crippen LogP contribution in [0.3, 0.4) is 0 Å². The summed E-state index contributed by atoms with van der Waals surface area (Å²) in [5.74, 6) is 2.39. The highest BCUT2D eigenvalue weighted by molar-refractivity contribution is 6.13. The molecule has 0 saturated carbocycles. The first kappa shape index (κ1) is 35.4. The minimum atomic E-state index is 0.572. The molecule has 0 fully saturated rings. The number of furan rings is 2. The van der Waals surface area contributed by atoms with Crippen LogP contribution >= 0.6 is 0 Å². The van der Waals surface area contributed by atoms with Gasteiger partial charge < -0.3 is 8.83 Å². The molecule has 12 aromatic rings. The first-order valence-electron chi connectivity index (χ1n) is 20.5. The van der Waals surface area contributed by atoms with Gasteiger partial charge in [-0.1, -0.05) is 158 Å². The summed E-state index contributed by atoms with van der Waals surface area (Å²) in [4.78, 5) is 25.5. The van der Waals surface area contributed by atoms with Crippen LogP contribution in [0.4, 0.5) is 0 Å². The van der Waals surface area contributed by atoms with E-state index in [-0.39, 0.29) is 0 Å². The summed E-state index contributed by atoms with van der Waals surface area (Å²) in [6, 6.07) is 67.7. The number of fused-ring (bicyclic) bond motifs is 6. The average Bonchev–Trinajstić information content (AvgIpc) is 3.93. The van der Waals surface area contributed by atoms with Crippen molar-refractivity contribution in [2.45, 2.75) is 0 Å². The highest BCUT2D eigenvalue weighted by atomic mass is 16.3. The number of rotatable bonds is 7. The largest absolute Gasteiger partial charge is 0.456 e. The van der Waals surface area contributed by atoms with Gasteiger partial charge in [-0.2, -0.15) is 0 Å². The van der Waals surface area contributed by atoms with E-state index in [0.29, 0.717) is 28.9 Å². The summed E-state index contributed by atoms with van der Waals surface area (Å²) in [6.07, 6.45) is 0. The maximum absolute atomic E-state index is 6.49. The fourth-order valence-electron chi connectivity index (χ4n) is 8.35. The Labute approximate surface area is 355 Å². The lowest BCUT2D eigenvalue weighted by Crippen LogP contribution is -2.00. The van der Waals surface area contributed by atoms with Crippen molar-refractivity contribution < 1.29 is 8.83 Å². The van der Waals surface area contributed by atoms with Gasteiger partial charge in [-0.05, 0) is 64.7 Å². The van der Waals surface area contributed by atoms with Gasteiger partial charge in [0, 0.05) is 44.0 Å². The topological polar surface area (TPSA) is 90.7 Å². The minimum absolute atomic E-state index is 0.572. The molecule has 0 aliphatic rings. The van der Waals surface area contributed by atoms with Gasteiger partial charge in [-0.15, -0.1) is 0 Å². The van der Waals surface area contributed by atoms with Crippen molar-refractivity contribution in [2.24, 2.45) is 0 Å². The summed E-state index contributed by atoms with van der Waals surface area (Å²) < 4.78 is 13.0. The number of para-hydroxylation sites is 1. The highest BCUT2D eigenvalue weighted by Gasteiger charge is 2.21. The number of hydrogen-bond donors (Lipinski definition) is 0. The molecule has 0 bridgehead atoms.